The number of nitrogens with one attached hydrogen (secondary N) is 1. The van der Waals surface area contributed by atoms with E-state index in [1.165, 1.54) is 0 Å². The Morgan fingerprint density at radius 1 is 1.20 bits per heavy atom. The fourth-order valence-electron chi connectivity index (χ4n) is 3.12. The fourth-order valence-corrected chi connectivity index (χ4v) is 3.12. The highest BCUT2D eigenvalue weighted by Gasteiger charge is 2.54. The summed E-state index contributed by atoms with van der Waals surface area (Å²) in [5, 5.41) is 1.13. The monoisotopic (exact) mass is 343 g/mol. The van der Waals surface area contributed by atoms with E-state index in [4.69, 9.17) is 14.0 Å². The number of aromatic amines is 1. The molecule has 2 heterocycles. The second-order valence-corrected chi connectivity index (χ2v) is 7.56. The number of benzene rings is 1. The van der Waals surface area contributed by atoms with Crippen LogP contribution in [0.4, 0.5) is 0 Å². The van der Waals surface area contributed by atoms with Gasteiger partial charge in [0.1, 0.15) is 0 Å². The van der Waals surface area contributed by atoms with Crippen LogP contribution in [-0.2, 0) is 18.8 Å². The van der Waals surface area contributed by atoms with Crippen LogP contribution in [0, 0.1) is 0 Å². The first-order valence-corrected chi connectivity index (χ1v) is 8.82. The molecule has 1 aromatic carbocycles. The van der Waals surface area contributed by atoms with Crippen LogP contribution in [0.1, 0.15) is 52.4 Å². The number of fused-ring (bicyclic) bond motifs is 1. The maximum absolute atomic E-state index is 12.2. The normalized spacial score (nSPS) is 20.0. The van der Waals surface area contributed by atoms with Crippen molar-refractivity contribution < 1.29 is 18.8 Å². The summed E-state index contributed by atoms with van der Waals surface area (Å²) in [4.78, 5) is 15.4. The van der Waals surface area contributed by atoms with Gasteiger partial charge in [-0.3, -0.25) is 4.79 Å². The molecule has 1 saturated heterocycles. The molecule has 1 aromatic heterocycles. The Labute approximate surface area is 149 Å². The van der Waals surface area contributed by atoms with Gasteiger partial charge in [-0.25, -0.2) is 0 Å². The average Bonchev–Trinajstić information content (AvgIpc) is 3.06. The molecule has 6 heteroatoms. The van der Waals surface area contributed by atoms with E-state index in [-0.39, 0.29) is 18.2 Å². The minimum absolute atomic E-state index is 0.219. The molecule has 3 rings (SSSR count). The highest BCUT2D eigenvalue weighted by Crippen LogP contribution is 2.42. The summed E-state index contributed by atoms with van der Waals surface area (Å²) >= 11 is 0. The average molecular weight is 343 g/mol. The quantitative estimate of drug-likeness (QED) is 0.662. The summed E-state index contributed by atoms with van der Waals surface area (Å²) < 4.78 is 17.6. The first kappa shape index (κ1) is 18.0. The Balaban J connectivity index is 1.93. The zero-order valence-electron chi connectivity index (χ0n) is 15.6. The lowest BCUT2D eigenvalue weighted by Crippen LogP contribution is -2.41. The third kappa shape index (κ3) is 3.46. The fraction of sp³-hybridized carbons (Fsp3) is 0.526. The van der Waals surface area contributed by atoms with Crippen molar-refractivity contribution in [1.82, 2.24) is 4.98 Å². The maximum atomic E-state index is 12.2. The number of hydrogen-bond acceptors (Lipinski definition) is 4. The number of H-pyrrole nitrogens is 1. The van der Waals surface area contributed by atoms with Crippen molar-refractivity contribution in [3.8, 4) is 0 Å². The zero-order valence-corrected chi connectivity index (χ0v) is 15.6. The molecule has 1 aliphatic rings. The third-order valence-electron chi connectivity index (χ3n) is 5.30. The number of esters is 1. The van der Waals surface area contributed by atoms with E-state index in [0.717, 1.165) is 16.5 Å². The molecular weight excluding hydrogens is 317 g/mol. The van der Waals surface area contributed by atoms with Crippen LogP contribution >= 0.6 is 0 Å². The van der Waals surface area contributed by atoms with Crippen molar-refractivity contribution in [3.63, 3.8) is 0 Å². The second kappa shape index (κ2) is 6.50. The number of rotatable bonds is 5. The van der Waals surface area contributed by atoms with Crippen LogP contribution in [-0.4, -0.2) is 35.9 Å². The van der Waals surface area contributed by atoms with Gasteiger partial charge in [0.15, 0.2) is 0 Å². The van der Waals surface area contributed by atoms with Gasteiger partial charge < -0.3 is 19.0 Å². The maximum Gasteiger partial charge on any atom is 0.466 e. The highest BCUT2D eigenvalue weighted by molar-refractivity contribution is 6.48. The van der Waals surface area contributed by atoms with E-state index in [1.54, 1.807) is 0 Å². The Morgan fingerprint density at radius 3 is 2.52 bits per heavy atom. The van der Waals surface area contributed by atoms with Gasteiger partial charge in [0, 0.05) is 17.5 Å². The van der Waals surface area contributed by atoms with E-state index in [9.17, 15) is 4.79 Å². The summed E-state index contributed by atoms with van der Waals surface area (Å²) in [6.45, 7) is 10.2. The summed E-state index contributed by atoms with van der Waals surface area (Å²) in [6, 6.07) is 8.16. The van der Waals surface area contributed by atoms with Gasteiger partial charge in [0.2, 0.25) is 0 Å². The van der Waals surface area contributed by atoms with Crippen molar-refractivity contribution in [2.45, 2.75) is 58.1 Å². The summed E-state index contributed by atoms with van der Waals surface area (Å²) in [5.41, 5.74) is 1.15. The van der Waals surface area contributed by atoms with Crippen molar-refractivity contribution in [2.24, 2.45) is 0 Å². The molecule has 2 aromatic rings. The molecule has 1 unspecified atom stereocenters. The van der Waals surface area contributed by atoms with Crippen molar-refractivity contribution >= 4 is 24.0 Å². The molecule has 0 saturated carbocycles. The molecule has 1 N–H and O–H groups in total. The first-order valence-electron chi connectivity index (χ1n) is 8.82. The molecule has 1 aliphatic heterocycles. The first-order chi connectivity index (χ1) is 11.7. The molecule has 134 valence electrons. The second-order valence-electron chi connectivity index (χ2n) is 7.56. The SMILES string of the molecule is CCOC(=O)CC(B1OC(C)(C)C(C)(C)O1)c1ccc2cc[nH]c2c1. The van der Waals surface area contributed by atoms with Gasteiger partial charge in [-0.05, 0) is 57.7 Å². The largest absolute Gasteiger partial charge is 0.466 e. The van der Waals surface area contributed by atoms with E-state index in [1.807, 2.05) is 59.0 Å². The minimum Gasteiger partial charge on any atom is -0.466 e. The topological polar surface area (TPSA) is 60.6 Å². The van der Waals surface area contributed by atoms with E-state index in [0.29, 0.717) is 6.61 Å². The molecule has 1 fully saturated rings. The van der Waals surface area contributed by atoms with Gasteiger partial charge in [-0.15, -0.1) is 0 Å². The molecule has 5 nitrogen and oxygen atoms in total. The van der Waals surface area contributed by atoms with Gasteiger partial charge in [-0.2, -0.15) is 0 Å². The van der Waals surface area contributed by atoms with Gasteiger partial charge >= 0.3 is 13.1 Å². The molecule has 0 spiro atoms. The standard InChI is InChI=1S/C19H26BNO4/c1-6-23-17(22)12-15(20-24-18(2,3)19(4,5)25-20)14-8-7-13-9-10-21-16(13)11-14/h7-11,15,21H,6,12H2,1-5H3. The van der Waals surface area contributed by atoms with Crippen molar-refractivity contribution in [2.75, 3.05) is 6.61 Å². The lowest BCUT2D eigenvalue weighted by atomic mass is 9.66. The molecule has 25 heavy (non-hydrogen) atoms. The lowest BCUT2D eigenvalue weighted by Gasteiger charge is -2.32. The number of hydrogen-bond donors (Lipinski definition) is 1. The van der Waals surface area contributed by atoms with Crippen LogP contribution < -0.4 is 0 Å². The predicted molar refractivity (Wildman–Crippen MR) is 98.4 cm³/mol. The highest BCUT2D eigenvalue weighted by atomic mass is 16.7. The number of carbonyl (C=O) groups is 1. The Bertz CT molecular complexity index is 752. The van der Waals surface area contributed by atoms with Crippen molar-refractivity contribution in [3.05, 3.63) is 36.0 Å². The summed E-state index contributed by atoms with van der Waals surface area (Å²) in [6.07, 6.45) is 2.13. The van der Waals surface area contributed by atoms with Crippen LogP contribution in [0.25, 0.3) is 10.9 Å². The molecular formula is C19H26BNO4. The van der Waals surface area contributed by atoms with Gasteiger partial charge in [-0.1, -0.05) is 12.1 Å². The molecule has 0 amide bonds. The number of ether oxygens (including phenoxy) is 1. The van der Waals surface area contributed by atoms with Gasteiger partial charge in [0.05, 0.1) is 24.2 Å². The minimum atomic E-state index is -0.498. The molecule has 1 atom stereocenters. The van der Waals surface area contributed by atoms with Crippen LogP contribution in [0.15, 0.2) is 30.5 Å². The molecule has 0 aliphatic carbocycles. The zero-order chi connectivity index (χ0) is 18.2. The van der Waals surface area contributed by atoms with Crippen LogP contribution in [0.2, 0.25) is 0 Å². The van der Waals surface area contributed by atoms with Gasteiger partial charge in [0.25, 0.3) is 0 Å². The smallest absolute Gasteiger partial charge is 0.466 e. The summed E-state index contributed by atoms with van der Waals surface area (Å²) in [7, 11) is -0.498. The Morgan fingerprint density at radius 2 is 1.88 bits per heavy atom. The number of carbonyl (C=O) groups excluding carboxylic acids is 1. The number of aromatic nitrogens is 1. The lowest BCUT2D eigenvalue weighted by molar-refractivity contribution is -0.143. The van der Waals surface area contributed by atoms with Crippen LogP contribution in [0.3, 0.4) is 0 Å². The Hall–Kier alpha value is -1.79. The van der Waals surface area contributed by atoms with E-state index < -0.39 is 18.3 Å². The van der Waals surface area contributed by atoms with Crippen molar-refractivity contribution in [1.29, 1.82) is 0 Å². The third-order valence-corrected chi connectivity index (χ3v) is 5.30. The predicted octanol–water partition coefficient (Wildman–Crippen LogP) is 3.84. The molecule has 0 radical (unpaired) electrons. The van der Waals surface area contributed by atoms with E-state index in [2.05, 4.69) is 11.1 Å². The summed E-state index contributed by atoms with van der Waals surface area (Å²) in [5.74, 6) is -0.471. The Kier molecular flexibility index (Phi) is 4.69. The van der Waals surface area contributed by atoms with E-state index >= 15 is 0 Å². The molecule has 0 bridgehead atoms. The van der Waals surface area contributed by atoms with Crippen LogP contribution in [0.5, 0.6) is 0 Å².